The van der Waals surface area contributed by atoms with Crippen molar-refractivity contribution < 1.29 is 9.59 Å². The molecule has 19 heavy (non-hydrogen) atoms. The van der Waals surface area contributed by atoms with Gasteiger partial charge in [0.25, 0.3) is 0 Å². The van der Waals surface area contributed by atoms with E-state index in [-0.39, 0.29) is 17.9 Å². The van der Waals surface area contributed by atoms with Gasteiger partial charge in [-0.05, 0) is 31.3 Å². The van der Waals surface area contributed by atoms with E-state index >= 15 is 0 Å². The molecule has 1 rings (SSSR count). The van der Waals surface area contributed by atoms with Crippen LogP contribution in [0.1, 0.15) is 40.5 Å². The van der Waals surface area contributed by atoms with Crippen LogP contribution in [-0.4, -0.2) is 35.3 Å². The molecule has 5 heteroatoms. The lowest BCUT2D eigenvalue weighted by molar-refractivity contribution is -0.149. The van der Waals surface area contributed by atoms with Crippen molar-refractivity contribution in [2.45, 2.75) is 52.6 Å². The summed E-state index contributed by atoms with van der Waals surface area (Å²) in [5, 5.41) is 2.81. The zero-order valence-corrected chi connectivity index (χ0v) is 12.8. The number of amides is 2. The standard InChI is InChI=1S/C14H23ClN2O2/c1-5-11-14(19)17(8-10(4)7-15)12(6-9(2)3)13(18)16-11/h7,9,11-12H,5-6,8H2,1-4H3,(H,16,18). The largest absolute Gasteiger partial charge is 0.343 e. The first-order valence-electron chi connectivity index (χ1n) is 6.77. The smallest absolute Gasteiger partial charge is 0.246 e. The Labute approximate surface area is 120 Å². The van der Waals surface area contributed by atoms with Crippen molar-refractivity contribution in [2.75, 3.05) is 6.54 Å². The average molecular weight is 287 g/mol. The minimum absolute atomic E-state index is 0.00869. The van der Waals surface area contributed by atoms with Crippen molar-refractivity contribution in [3.63, 3.8) is 0 Å². The van der Waals surface area contributed by atoms with Gasteiger partial charge in [-0.2, -0.15) is 0 Å². The van der Waals surface area contributed by atoms with E-state index in [1.807, 2.05) is 27.7 Å². The fraction of sp³-hybridized carbons (Fsp3) is 0.714. The van der Waals surface area contributed by atoms with Gasteiger partial charge in [0.15, 0.2) is 0 Å². The van der Waals surface area contributed by atoms with Gasteiger partial charge in [-0.25, -0.2) is 0 Å². The van der Waals surface area contributed by atoms with Crippen LogP contribution in [0.25, 0.3) is 0 Å². The molecule has 1 aliphatic rings. The van der Waals surface area contributed by atoms with Crippen LogP contribution < -0.4 is 5.32 Å². The Hall–Kier alpha value is -1.03. The lowest BCUT2D eigenvalue weighted by atomic mass is 9.96. The van der Waals surface area contributed by atoms with Crippen molar-refractivity contribution in [1.29, 1.82) is 0 Å². The second-order valence-electron chi connectivity index (χ2n) is 5.54. The first kappa shape index (κ1) is 16.0. The number of hydrogen-bond donors (Lipinski definition) is 1. The van der Waals surface area contributed by atoms with Gasteiger partial charge in [-0.1, -0.05) is 32.4 Å². The lowest BCUT2D eigenvalue weighted by Gasteiger charge is -2.39. The van der Waals surface area contributed by atoms with Gasteiger partial charge in [0.05, 0.1) is 0 Å². The van der Waals surface area contributed by atoms with E-state index in [0.717, 1.165) is 5.57 Å². The van der Waals surface area contributed by atoms with Gasteiger partial charge in [0, 0.05) is 12.1 Å². The topological polar surface area (TPSA) is 49.4 Å². The Kier molecular flexibility index (Phi) is 5.85. The van der Waals surface area contributed by atoms with E-state index in [1.54, 1.807) is 4.90 Å². The average Bonchev–Trinajstić information content (AvgIpc) is 2.36. The van der Waals surface area contributed by atoms with Crippen LogP contribution in [-0.2, 0) is 9.59 Å². The molecule has 0 radical (unpaired) electrons. The third-order valence-corrected chi connectivity index (χ3v) is 3.66. The molecule has 1 fully saturated rings. The summed E-state index contributed by atoms with van der Waals surface area (Å²) in [7, 11) is 0. The number of carbonyl (C=O) groups excluding carboxylic acids is 2. The molecule has 4 nitrogen and oxygen atoms in total. The van der Waals surface area contributed by atoms with E-state index < -0.39 is 6.04 Å². The summed E-state index contributed by atoms with van der Waals surface area (Å²) in [6.45, 7) is 8.27. The molecule has 0 bridgehead atoms. The number of halogens is 1. The monoisotopic (exact) mass is 286 g/mol. The quantitative estimate of drug-likeness (QED) is 0.843. The lowest BCUT2D eigenvalue weighted by Crippen LogP contribution is -2.63. The molecule has 0 aromatic rings. The predicted molar refractivity (Wildman–Crippen MR) is 76.8 cm³/mol. The number of nitrogens with one attached hydrogen (secondary N) is 1. The third-order valence-electron chi connectivity index (χ3n) is 3.29. The highest BCUT2D eigenvalue weighted by Gasteiger charge is 2.39. The van der Waals surface area contributed by atoms with E-state index in [0.29, 0.717) is 25.3 Å². The highest BCUT2D eigenvalue weighted by atomic mass is 35.5. The Bertz CT molecular complexity index is 380. The molecule has 2 atom stereocenters. The minimum Gasteiger partial charge on any atom is -0.343 e. The maximum absolute atomic E-state index is 12.4. The number of nitrogens with zero attached hydrogens (tertiary/aromatic N) is 1. The number of hydrogen-bond acceptors (Lipinski definition) is 2. The first-order chi connectivity index (χ1) is 8.90. The molecule has 2 amide bonds. The van der Waals surface area contributed by atoms with Gasteiger partial charge < -0.3 is 10.2 Å². The van der Waals surface area contributed by atoms with Gasteiger partial charge in [0.1, 0.15) is 12.1 Å². The summed E-state index contributed by atoms with van der Waals surface area (Å²) in [6.07, 6.45) is 1.28. The summed E-state index contributed by atoms with van der Waals surface area (Å²) in [5.74, 6) is 0.289. The third kappa shape index (κ3) is 3.96. The van der Waals surface area contributed by atoms with Crippen molar-refractivity contribution in [3.05, 3.63) is 11.1 Å². The summed E-state index contributed by atoms with van der Waals surface area (Å²) < 4.78 is 0. The fourth-order valence-corrected chi connectivity index (χ4v) is 2.34. The molecule has 1 aliphatic heterocycles. The molecule has 0 aromatic heterocycles. The van der Waals surface area contributed by atoms with Crippen LogP contribution >= 0.6 is 11.6 Å². The van der Waals surface area contributed by atoms with Crippen LogP contribution in [0.4, 0.5) is 0 Å². The number of carbonyl (C=O) groups is 2. The minimum atomic E-state index is -0.404. The van der Waals surface area contributed by atoms with Gasteiger partial charge >= 0.3 is 0 Å². The molecule has 0 saturated carbocycles. The Morgan fingerprint density at radius 2 is 2.11 bits per heavy atom. The van der Waals surface area contributed by atoms with E-state index in [2.05, 4.69) is 5.32 Å². The van der Waals surface area contributed by atoms with Crippen LogP contribution in [0.2, 0.25) is 0 Å². The fourth-order valence-electron chi connectivity index (χ4n) is 2.27. The molecular weight excluding hydrogens is 264 g/mol. The van der Waals surface area contributed by atoms with E-state index in [1.165, 1.54) is 5.54 Å². The van der Waals surface area contributed by atoms with Gasteiger partial charge in [-0.15, -0.1) is 0 Å². The highest BCUT2D eigenvalue weighted by molar-refractivity contribution is 6.25. The van der Waals surface area contributed by atoms with Crippen molar-refractivity contribution in [2.24, 2.45) is 5.92 Å². The molecule has 1 heterocycles. The molecule has 1 N–H and O–H groups in total. The maximum atomic E-state index is 12.4. The van der Waals surface area contributed by atoms with Gasteiger partial charge in [0.2, 0.25) is 11.8 Å². The SMILES string of the molecule is CCC1NC(=O)C(CC(C)C)N(CC(C)=CCl)C1=O. The highest BCUT2D eigenvalue weighted by Crippen LogP contribution is 2.20. The van der Waals surface area contributed by atoms with Crippen LogP contribution in [0.5, 0.6) is 0 Å². The summed E-state index contributed by atoms with van der Waals surface area (Å²) >= 11 is 5.68. The van der Waals surface area contributed by atoms with Crippen molar-refractivity contribution >= 4 is 23.4 Å². The molecule has 108 valence electrons. The van der Waals surface area contributed by atoms with Crippen LogP contribution in [0.3, 0.4) is 0 Å². The second kappa shape index (κ2) is 6.94. The normalized spacial score (nSPS) is 24.9. The number of piperazine rings is 1. The number of rotatable bonds is 5. The summed E-state index contributed by atoms with van der Waals surface area (Å²) in [5.41, 5.74) is 2.35. The predicted octanol–water partition coefficient (Wildman–Crippen LogP) is 2.28. The molecule has 0 spiro atoms. The molecular formula is C14H23ClN2O2. The van der Waals surface area contributed by atoms with E-state index in [9.17, 15) is 9.59 Å². The summed E-state index contributed by atoms with van der Waals surface area (Å²) in [4.78, 5) is 26.2. The van der Waals surface area contributed by atoms with Crippen molar-refractivity contribution in [3.8, 4) is 0 Å². The summed E-state index contributed by atoms with van der Waals surface area (Å²) in [6, 6.07) is -0.791. The molecule has 1 saturated heterocycles. The maximum Gasteiger partial charge on any atom is 0.246 e. The van der Waals surface area contributed by atoms with Gasteiger partial charge in [-0.3, -0.25) is 9.59 Å². The zero-order valence-electron chi connectivity index (χ0n) is 12.1. The van der Waals surface area contributed by atoms with E-state index in [4.69, 9.17) is 11.6 Å². The Morgan fingerprint density at radius 3 is 2.58 bits per heavy atom. The van der Waals surface area contributed by atoms with Crippen LogP contribution in [0, 0.1) is 5.92 Å². The molecule has 0 aromatic carbocycles. The first-order valence-corrected chi connectivity index (χ1v) is 7.21. The van der Waals surface area contributed by atoms with Crippen molar-refractivity contribution in [1.82, 2.24) is 10.2 Å². The molecule has 0 aliphatic carbocycles. The Morgan fingerprint density at radius 1 is 1.47 bits per heavy atom. The second-order valence-corrected chi connectivity index (χ2v) is 5.75. The zero-order chi connectivity index (χ0) is 14.6. The van der Waals surface area contributed by atoms with Crippen LogP contribution in [0.15, 0.2) is 11.1 Å². The molecule has 2 unspecified atom stereocenters. The Balaban J connectivity index is 2.97.